The second-order valence-corrected chi connectivity index (χ2v) is 2.23. The highest BCUT2D eigenvalue weighted by Gasteiger charge is 1.87. The van der Waals surface area contributed by atoms with Gasteiger partial charge >= 0.3 is 0 Å². The molecule has 0 saturated carbocycles. The number of halogens is 1. The van der Waals surface area contributed by atoms with Gasteiger partial charge in [-0.05, 0) is 12.0 Å². The average molecular weight is 156 g/mol. The first kappa shape index (κ1) is 10.1. The maximum absolute atomic E-state index is 4.95. The SMILES string of the molecule is COCCc1ccccc1.F. The Balaban J connectivity index is 0.000001000. The van der Waals surface area contributed by atoms with Crippen LogP contribution in [-0.2, 0) is 11.2 Å². The summed E-state index contributed by atoms with van der Waals surface area (Å²) in [6.45, 7) is 0.810. The highest BCUT2D eigenvalue weighted by Crippen LogP contribution is 1.98. The second-order valence-electron chi connectivity index (χ2n) is 2.23. The van der Waals surface area contributed by atoms with Gasteiger partial charge in [0.05, 0.1) is 6.61 Å². The molecule has 0 heterocycles. The summed E-state index contributed by atoms with van der Waals surface area (Å²) >= 11 is 0. The van der Waals surface area contributed by atoms with Crippen LogP contribution in [-0.4, -0.2) is 13.7 Å². The number of ether oxygens (including phenoxy) is 1. The number of methoxy groups -OCH3 is 1. The van der Waals surface area contributed by atoms with Crippen LogP contribution in [0, 0.1) is 0 Å². The van der Waals surface area contributed by atoms with Crippen molar-refractivity contribution < 1.29 is 9.44 Å². The summed E-state index contributed by atoms with van der Waals surface area (Å²) in [7, 11) is 1.73. The Hall–Kier alpha value is -0.890. The quantitative estimate of drug-likeness (QED) is 0.650. The Bertz CT molecular complexity index is 174. The zero-order valence-electron chi connectivity index (χ0n) is 6.62. The van der Waals surface area contributed by atoms with Crippen molar-refractivity contribution in [1.82, 2.24) is 0 Å². The van der Waals surface area contributed by atoms with Crippen LogP contribution in [0.4, 0.5) is 4.70 Å². The molecule has 0 bridgehead atoms. The Morgan fingerprint density at radius 2 is 1.82 bits per heavy atom. The molecule has 0 aromatic heterocycles. The molecule has 62 valence electrons. The Labute approximate surface area is 66.4 Å². The lowest BCUT2D eigenvalue weighted by Gasteiger charge is -1.97. The molecule has 0 N–H and O–H groups in total. The van der Waals surface area contributed by atoms with E-state index in [0.717, 1.165) is 13.0 Å². The molecule has 1 rings (SSSR count). The van der Waals surface area contributed by atoms with Crippen molar-refractivity contribution in [2.75, 3.05) is 13.7 Å². The molecule has 11 heavy (non-hydrogen) atoms. The van der Waals surface area contributed by atoms with E-state index in [1.54, 1.807) is 7.11 Å². The number of hydrogen-bond donors (Lipinski definition) is 0. The van der Waals surface area contributed by atoms with E-state index in [-0.39, 0.29) is 4.70 Å². The van der Waals surface area contributed by atoms with Crippen LogP contribution in [0.3, 0.4) is 0 Å². The van der Waals surface area contributed by atoms with Crippen molar-refractivity contribution >= 4 is 0 Å². The fraction of sp³-hybridized carbons (Fsp3) is 0.333. The van der Waals surface area contributed by atoms with Crippen molar-refractivity contribution in [3.63, 3.8) is 0 Å². The predicted octanol–water partition coefficient (Wildman–Crippen LogP) is 2.03. The molecule has 0 fully saturated rings. The summed E-state index contributed by atoms with van der Waals surface area (Å²) in [6.07, 6.45) is 1.01. The third-order valence-corrected chi connectivity index (χ3v) is 1.44. The van der Waals surface area contributed by atoms with Gasteiger partial charge in [0.2, 0.25) is 0 Å². The topological polar surface area (TPSA) is 9.23 Å². The molecule has 1 aromatic carbocycles. The monoisotopic (exact) mass is 156 g/mol. The molecule has 0 aliphatic rings. The highest BCUT2D eigenvalue weighted by atomic mass is 19.0. The van der Waals surface area contributed by atoms with Gasteiger partial charge in [-0.3, -0.25) is 4.70 Å². The first-order valence-corrected chi connectivity index (χ1v) is 3.46. The lowest BCUT2D eigenvalue weighted by molar-refractivity contribution is 0.202. The number of rotatable bonds is 3. The van der Waals surface area contributed by atoms with Gasteiger partial charge in [0.25, 0.3) is 0 Å². The Kier molecular flexibility index (Phi) is 5.39. The van der Waals surface area contributed by atoms with E-state index >= 15 is 0 Å². The lowest BCUT2D eigenvalue weighted by atomic mass is 10.2. The van der Waals surface area contributed by atoms with Gasteiger partial charge in [0, 0.05) is 7.11 Å². The third-order valence-electron chi connectivity index (χ3n) is 1.44. The van der Waals surface area contributed by atoms with E-state index in [0.29, 0.717) is 0 Å². The zero-order chi connectivity index (χ0) is 7.23. The molecule has 0 aliphatic heterocycles. The summed E-state index contributed by atoms with van der Waals surface area (Å²) < 4.78 is 4.95. The summed E-state index contributed by atoms with van der Waals surface area (Å²) in [5.41, 5.74) is 1.34. The molecule has 2 heteroatoms. The number of hydrogen-bond acceptors (Lipinski definition) is 1. The highest BCUT2D eigenvalue weighted by molar-refractivity contribution is 5.14. The normalized spacial score (nSPS) is 8.82. The van der Waals surface area contributed by atoms with Crippen LogP contribution < -0.4 is 0 Å². The third kappa shape index (κ3) is 3.73. The predicted molar refractivity (Wildman–Crippen MR) is 44.5 cm³/mol. The van der Waals surface area contributed by atoms with E-state index in [1.165, 1.54) is 5.56 Å². The van der Waals surface area contributed by atoms with Gasteiger partial charge < -0.3 is 4.74 Å². The Morgan fingerprint density at radius 1 is 1.18 bits per heavy atom. The first-order valence-electron chi connectivity index (χ1n) is 3.46. The number of benzene rings is 1. The maximum atomic E-state index is 4.95. The summed E-state index contributed by atoms with van der Waals surface area (Å²) in [5.74, 6) is 0. The van der Waals surface area contributed by atoms with Crippen molar-refractivity contribution in [3.05, 3.63) is 35.9 Å². The second kappa shape index (κ2) is 5.86. The largest absolute Gasteiger partial charge is 0.384 e. The standard InChI is InChI=1S/C9H12O.FH/c1-10-8-7-9-5-3-2-4-6-9;/h2-6H,7-8H2,1H3;1H. The maximum Gasteiger partial charge on any atom is 0.0502 e. The van der Waals surface area contributed by atoms with Crippen LogP contribution in [0.1, 0.15) is 5.56 Å². The summed E-state index contributed by atoms with van der Waals surface area (Å²) in [5, 5.41) is 0. The summed E-state index contributed by atoms with van der Waals surface area (Å²) in [6, 6.07) is 10.3. The molecule has 0 amide bonds. The van der Waals surface area contributed by atoms with Crippen LogP contribution in [0.2, 0.25) is 0 Å². The van der Waals surface area contributed by atoms with Gasteiger partial charge in [0.15, 0.2) is 0 Å². The molecule has 0 unspecified atom stereocenters. The lowest BCUT2D eigenvalue weighted by Crippen LogP contribution is -1.92. The fourth-order valence-corrected chi connectivity index (χ4v) is 0.865. The average Bonchev–Trinajstić information content (AvgIpc) is 2.03. The molecule has 0 spiro atoms. The minimum Gasteiger partial charge on any atom is -0.384 e. The minimum absolute atomic E-state index is 0. The van der Waals surface area contributed by atoms with E-state index in [1.807, 2.05) is 18.2 Å². The molecule has 1 nitrogen and oxygen atoms in total. The van der Waals surface area contributed by atoms with Crippen LogP contribution >= 0.6 is 0 Å². The first-order chi connectivity index (χ1) is 4.93. The van der Waals surface area contributed by atoms with Crippen molar-refractivity contribution in [2.45, 2.75) is 6.42 Å². The molecule has 0 radical (unpaired) electrons. The van der Waals surface area contributed by atoms with Gasteiger partial charge in [0.1, 0.15) is 0 Å². The zero-order valence-corrected chi connectivity index (χ0v) is 6.62. The molecule has 1 aromatic rings. The van der Waals surface area contributed by atoms with Gasteiger partial charge in [-0.2, -0.15) is 0 Å². The van der Waals surface area contributed by atoms with Crippen LogP contribution in [0.15, 0.2) is 30.3 Å². The van der Waals surface area contributed by atoms with Crippen molar-refractivity contribution in [1.29, 1.82) is 0 Å². The smallest absolute Gasteiger partial charge is 0.0502 e. The van der Waals surface area contributed by atoms with E-state index in [9.17, 15) is 0 Å². The molecule has 0 saturated heterocycles. The molecule has 0 atom stereocenters. The van der Waals surface area contributed by atoms with E-state index < -0.39 is 0 Å². The van der Waals surface area contributed by atoms with Gasteiger partial charge in [-0.15, -0.1) is 0 Å². The van der Waals surface area contributed by atoms with Crippen molar-refractivity contribution in [3.8, 4) is 0 Å². The van der Waals surface area contributed by atoms with Gasteiger partial charge in [-0.1, -0.05) is 30.3 Å². The minimum atomic E-state index is 0. The van der Waals surface area contributed by atoms with Crippen LogP contribution in [0.5, 0.6) is 0 Å². The van der Waals surface area contributed by atoms with E-state index in [2.05, 4.69) is 12.1 Å². The van der Waals surface area contributed by atoms with Crippen LogP contribution in [0.25, 0.3) is 0 Å². The Morgan fingerprint density at radius 3 is 2.36 bits per heavy atom. The van der Waals surface area contributed by atoms with Crippen molar-refractivity contribution in [2.24, 2.45) is 0 Å². The molecular weight excluding hydrogens is 143 g/mol. The summed E-state index contributed by atoms with van der Waals surface area (Å²) in [4.78, 5) is 0. The van der Waals surface area contributed by atoms with E-state index in [4.69, 9.17) is 4.74 Å². The van der Waals surface area contributed by atoms with Gasteiger partial charge in [-0.25, -0.2) is 0 Å². The fourth-order valence-electron chi connectivity index (χ4n) is 0.865. The molecule has 0 aliphatic carbocycles. The molecular formula is C9H13FO.